The number of aromatic nitrogens is 1. The molecule has 1 aromatic heterocycles. The third-order valence-electron chi connectivity index (χ3n) is 4.48. The van der Waals surface area contributed by atoms with Crippen LogP contribution in [0.1, 0.15) is 23.1 Å². The van der Waals surface area contributed by atoms with Crippen molar-refractivity contribution in [1.82, 2.24) is 15.4 Å². The average Bonchev–Trinajstić information content (AvgIpc) is 3.07. The molecule has 7 nitrogen and oxygen atoms in total. The van der Waals surface area contributed by atoms with Crippen molar-refractivity contribution in [3.63, 3.8) is 0 Å². The van der Waals surface area contributed by atoms with E-state index in [1.807, 2.05) is 25.1 Å². The van der Waals surface area contributed by atoms with E-state index in [2.05, 4.69) is 21.4 Å². The monoisotopic (exact) mass is 359 g/mol. The molecule has 26 heavy (non-hydrogen) atoms. The SMILES string of the molecule is COc1cccc(C(CNC(=O)Cc2cc(C)on2)N2CCOCC2)c1. The van der Waals surface area contributed by atoms with Crippen LogP contribution in [0, 0.1) is 6.92 Å². The maximum Gasteiger partial charge on any atom is 0.226 e. The van der Waals surface area contributed by atoms with Crippen LogP contribution in [0.15, 0.2) is 34.9 Å². The van der Waals surface area contributed by atoms with Gasteiger partial charge in [-0.05, 0) is 24.6 Å². The van der Waals surface area contributed by atoms with E-state index in [0.717, 1.165) is 24.4 Å². The number of amides is 1. The molecule has 0 aliphatic carbocycles. The quantitative estimate of drug-likeness (QED) is 0.811. The Labute approximate surface area is 153 Å². The third-order valence-corrected chi connectivity index (χ3v) is 4.48. The molecule has 2 heterocycles. The number of aryl methyl sites for hydroxylation is 1. The zero-order valence-electron chi connectivity index (χ0n) is 15.2. The van der Waals surface area contributed by atoms with E-state index in [1.54, 1.807) is 13.2 Å². The average molecular weight is 359 g/mol. The topological polar surface area (TPSA) is 76.8 Å². The lowest BCUT2D eigenvalue weighted by atomic mass is 10.0. The largest absolute Gasteiger partial charge is 0.497 e. The van der Waals surface area contributed by atoms with Crippen molar-refractivity contribution in [2.45, 2.75) is 19.4 Å². The Morgan fingerprint density at radius 2 is 2.15 bits per heavy atom. The number of carbonyl (C=O) groups is 1. The van der Waals surface area contributed by atoms with Gasteiger partial charge in [0.25, 0.3) is 0 Å². The number of hydrogen-bond acceptors (Lipinski definition) is 6. The Morgan fingerprint density at radius 3 is 2.85 bits per heavy atom. The minimum atomic E-state index is -0.0699. The number of methoxy groups -OCH3 is 1. The smallest absolute Gasteiger partial charge is 0.226 e. The maximum atomic E-state index is 12.3. The minimum absolute atomic E-state index is 0.0667. The molecule has 7 heteroatoms. The standard InChI is InChI=1S/C19H25N3O4/c1-14-10-16(21-26-14)12-19(23)20-13-18(22-6-8-25-9-7-22)15-4-3-5-17(11-15)24-2/h3-5,10-11,18H,6-9,12-13H2,1-2H3,(H,20,23). The molecule has 1 amide bonds. The Kier molecular flexibility index (Phi) is 6.25. The first-order chi connectivity index (χ1) is 12.7. The Morgan fingerprint density at radius 1 is 1.35 bits per heavy atom. The molecule has 1 N–H and O–H groups in total. The van der Waals surface area contributed by atoms with Crippen LogP contribution in [0.2, 0.25) is 0 Å². The summed E-state index contributed by atoms with van der Waals surface area (Å²) in [4.78, 5) is 14.6. The minimum Gasteiger partial charge on any atom is -0.497 e. The molecule has 1 aromatic carbocycles. The van der Waals surface area contributed by atoms with E-state index < -0.39 is 0 Å². The van der Waals surface area contributed by atoms with Gasteiger partial charge < -0.3 is 19.3 Å². The van der Waals surface area contributed by atoms with Gasteiger partial charge in [-0.2, -0.15) is 0 Å². The van der Waals surface area contributed by atoms with Crippen LogP contribution < -0.4 is 10.1 Å². The number of morpholine rings is 1. The van der Waals surface area contributed by atoms with E-state index in [1.165, 1.54) is 0 Å². The van der Waals surface area contributed by atoms with Crippen molar-refractivity contribution in [2.24, 2.45) is 0 Å². The summed E-state index contributed by atoms with van der Waals surface area (Å²) in [6.45, 7) is 5.40. The van der Waals surface area contributed by atoms with Gasteiger partial charge in [0, 0.05) is 25.7 Å². The molecule has 1 aliphatic rings. The first kappa shape index (κ1) is 18.4. The predicted octanol–water partition coefficient (Wildman–Crippen LogP) is 1.72. The molecule has 1 saturated heterocycles. The Bertz CT molecular complexity index is 725. The van der Waals surface area contributed by atoms with Gasteiger partial charge in [-0.25, -0.2) is 0 Å². The molecule has 1 atom stereocenters. The summed E-state index contributed by atoms with van der Waals surface area (Å²) in [6, 6.07) is 9.83. The van der Waals surface area contributed by atoms with Gasteiger partial charge in [-0.3, -0.25) is 9.69 Å². The van der Waals surface area contributed by atoms with Gasteiger partial charge >= 0.3 is 0 Å². The summed E-state index contributed by atoms with van der Waals surface area (Å²) >= 11 is 0. The second-order valence-electron chi connectivity index (χ2n) is 6.35. The van der Waals surface area contributed by atoms with Crippen LogP contribution in [0.4, 0.5) is 0 Å². The van der Waals surface area contributed by atoms with Crippen molar-refractivity contribution in [3.8, 4) is 5.75 Å². The third kappa shape index (κ3) is 4.83. The first-order valence-corrected chi connectivity index (χ1v) is 8.80. The normalized spacial score (nSPS) is 16.2. The van der Waals surface area contributed by atoms with Crippen LogP contribution in [0.5, 0.6) is 5.75 Å². The molecule has 0 saturated carbocycles. The number of carbonyl (C=O) groups excluding carboxylic acids is 1. The van der Waals surface area contributed by atoms with Crippen LogP contribution in [-0.4, -0.2) is 55.9 Å². The summed E-state index contributed by atoms with van der Waals surface area (Å²) in [5.74, 6) is 1.44. The van der Waals surface area contributed by atoms with Crippen molar-refractivity contribution in [3.05, 3.63) is 47.3 Å². The molecule has 0 bridgehead atoms. The zero-order valence-corrected chi connectivity index (χ0v) is 15.2. The highest BCUT2D eigenvalue weighted by Gasteiger charge is 2.23. The Hall–Kier alpha value is -2.38. The summed E-state index contributed by atoms with van der Waals surface area (Å²) in [5, 5.41) is 6.90. The second kappa shape index (κ2) is 8.82. The van der Waals surface area contributed by atoms with Crippen molar-refractivity contribution >= 4 is 5.91 Å². The summed E-state index contributed by atoms with van der Waals surface area (Å²) in [6.07, 6.45) is 0.214. The molecule has 2 aromatic rings. The number of benzene rings is 1. The first-order valence-electron chi connectivity index (χ1n) is 8.80. The van der Waals surface area contributed by atoms with Gasteiger partial charge in [0.15, 0.2) is 0 Å². The molecule has 0 spiro atoms. The van der Waals surface area contributed by atoms with Crippen LogP contribution in [0.25, 0.3) is 0 Å². The molecule has 140 valence electrons. The number of ether oxygens (including phenoxy) is 2. The van der Waals surface area contributed by atoms with Crippen LogP contribution in [-0.2, 0) is 16.0 Å². The summed E-state index contributed by atoms with van der Waals surface area (Å²) in [7, 11) is 1.66. The number of rotatable bonds is 7. The molecule has 1 aliphatic heterocycles. The van der Waals surface area contributed by atoms with E-state index in [4.69, 9.17) is 14.0 Å². The van der Waals surface area contributed by atoms with E-state index >= 15 is 0 Å². The lowest BCUT2D eigenvalue weighted by Crippen LogP contribution is -2.44. The highest BCUT2D eigenvalue weighted by atomic mass is 16.5. The fourth-order valence-corrected chi connectivity index (χ4v) is 3.13. The van der Waals surface area contributed by atoms with E-state index in [9.17, 15) is 4.79 Å². The molecular weight excluding hydrogens is 334 g/mol. The highest BCUT2D eigenvalue weighted by molar-refractivity contribution is 5.78. The lowest BCUT2D eigenvalue weighted by molar-refractivity contribution is -0.120. The van der Waals surface area contributed by atoms with Crippen LogP contribution >= 0.6 is 0 Å². The van der Waals surface area contributed by atoms with E-state index in [-0.39, 0.29) is 18.4 Å². The number of nitrogens with zero attached hydrogens (tertiary/aromatic N) is 2. The van der Waals surface area contributed by atoms with Crippen molar-refractivity contribution in [2.75, 3.05) is 40.0 Å². The van der Waals surface area contributed by atoms with Gasteiger partial charge in [0.05, 0.1) is 38.5 Å². The molecule has 0 radical (unpaired) electrons. The number of hydrogen-bond donors (Lipinski definition) is 1. The molecule has 3 rings (SSSR count). The van der Waals surface area contributed by atoms with Crippen molar-refractivity contribution in [1.29, 1.82) is 0 Å². The molecular formula is C19H25N3O4. The summed E-state index contributed by atoms with van der Waals surface area (Å²) < 4.78 is 15.8. The maximum absolute atomic E-state index is 12.3. The second-order valence-corrected chi connectivity index (χ2v) is 6.35. The number of nitrogens with one attached hydrogen (secondary N) is 1. The zero-order chi connectivity index (χ0) is 18.4. The highest BCUT2D eigenvalue weighted by Crippen LogP contribution is 2.24. The van der Waals surface area contributed by atoms with E-state index in [0.29, 0.717) is 31.2 Å². The summed E-state index contributed by atoms with van der Waals surface area (Å²) in [5.41, 5.74) is 1.76. The van der Waals surface area contributed by atoms with Crippen molar-refractivity contribution < 1.29 is 18.8 Å². The van der Waals surface area contributed by atoms with Crippen LogP contribution in [0.3, 0.4) is 0 Å². The fourth-order valence-electron chi connectivity index (χ4n) is 3.13. The fraction of sp³-hybridized carbons (Fsp3) is 0.474. The Balaban J connectivity index is 1.67. The van der Waals surface area contributed by atoms with Gasteiger partial charge in [0.1, 0.15) is 11.5 Å². The molecule has 1 fully saturated rings. The lowest BCUT2D eigenvalue weighted by Gasteiger charge is -2.35. The van der Waals surface area contributed by atoms with Gasteiger partial charge in [-0.15, -0.1) is 0 Å². The molecule has 1 unspecified atom stereocenters. The van der Waals surface area contributed by atoms with Gasteiger partial charge in [-0.1, -0.05) is 17.3 Å². The van der Waals surface area contributed by atoms with Gasteiger partial charge in [0.2, 0.25) is 5.91 Å². The predicted molar refractivity (Wildman–Crippen MR) is 96.1 cm³/mol.